The van der Waals surface area contributed by atoms with E-state index in [4.69, 9.17) is 0 Å². The van der Waals surface area contributed by atoms with Crippen molar-refractivity contribution in [1.82, 2.24) is 0 Å². The van der Waals surface area contributed by atoms with Gasteiger partial charge in [-0.2, -0.15) is 0 Å². The van der Waals surface area contributed by atoms with Gasteiger partial charge < -0.3 is 5.11 Å². The van der Waals surface area contributed by atoms with Gasteiger partial charge in [0, 0.05) is 12.8 Å². The highest BCUT2D eigenvalue weighted by molar-refractivity contribution is 5.14. The van der Waals surface area contributed by atoms with Crippen molar-refractivity contribution in [3.63, 3.8) is 0 Å². The van der Waals surface area contributed by atoms with Crippen LogP contribution in [0.4, 0.5) is 0 Å². The van der Waals surface area contributed by atoms with Gasteiger partial charge in [-0.15, -0.1) is 5.92 Å². The Labute approximate surface area is 68.1 Å². The first-order valence-corrected chi connectivity index (χ1v) is 4.13. The summed E-state index contributed by atoms with van der Waals surface area (Å²) in [7, 11) is 0. The Morgan fingerprint density at radius 3 is 2.91 bits per heavy atom. The van der Waals surface area contributed by atoms with Crippen LogP contribution in [0.15, 0.2) is 12.2 Å². The van der Waals surface area contributed by atoms with Crippen molar-refractivity contribution in [3.8, 4) is 11.8 Å². The molecule has 0 fully saturated rings. The van der Waals surface area contributed by atoms with Crippen LogP contribution < -0.4 is 0 Å². The molecular formula is C10H14O. The zero-order valence-electron chi connectivity index (χ0n) is 6.93. The molecule has 1 rings (SSSR count). The van der Waals surface area contributed by atoms with Gasteiger partial charge in [0.05, 0.1) is 5.60 Å². The molecule has 0 bridgehead atoms. The molecule has 1 unspecified atom stereocenters. The van der Waals surface area contributed by atoms with Crippen molar-refractivity contribution in [2.24, 2.45) is 0 Å². The minimum absolute atomic E-state index is 0.595. The molecule has 0 aromatic rings. The molecule has 0 aliphatic heterocycles. The van der Waals surface area contributed by atoms with E-state index < -0.39 is 5.60 Å². The maximum Gasteiger partial charge on any atom is 0.0939 e. The number of hydrogen-bond acceptors (Lipinski definition) is 1. The predicted molar refractivity (Wildman–Crippen MR) is 46.0 cm³/mol. The maximum atomic E-state index is 9.73. The minimum Gasteiger partial charge on any atom is -0.385 e. The molecule has 1 aliphatic rings. The molecule has 0 amide bonds. The molecule has 1 heteroatoms. The van der Waals surface area contributed by atoms with Crippen molar-refractivity contribution in [3.05, 3.63) is 12.2 Å². The number of allylic oxidation sites excluding steroid dienone is 1. The van der Waals surface area contributed by atoms with E-state index in [0.29, 0.717) is 6.42 Å². The van der Waals surface area contributed by atoms with Gasteiger partial charge in [0.2, 0.25) is 0 Å². The zero-order valence-corrected chi connectivity index (χ0v) is 6.93. The van der Waals surface area contributed by atoms with E-state index in [-0.39, 0.29) is 0 Å². The van der Waals surface area contributed by atoms with Crippen LogP contribution in [0.2, 0.25) is 0 Å². The highest BCUT2D eigenvalue weighted by atomic mass is 16.3. The summed E-state index contributed by atoms with van der Waals surface area (Å²) in [6.07, 6.45) is 7.19. The lowest BCUT2D eigenvalue weighted by atomic mass is 10.00. The van der Waals surface area contributed by atoms with E-state index in [2.05, 4.69) is 11.8 Å². The van der Waals surface area contributed by atoms with Crippen molar-refractivity contribution in [2.75, 3.05) is 0 Å². The van der Waals surface area contributed by atoms with Crippen LogP contribution in [-0.2, 0) is 0 Å². The van der Waals surface area contributed by atoms with Gasteiger partial charge in [0.15, 0.2) is 0 Å². The second kappa shape index (κ2) is 3.59. The van der Waals surface area contributed by atoms with Crippen LogP contribution in [-0.4, -0.2) is 10.7 Å². The standard InChI is InChI=1S/C10H14O/c1-2-3-4-7-10(11)8-5-6-9-10/h5,8,11H,2,6-7,9H2,1H3. The summed E-state index contributed by atoms with van der Waals surface area (Å²) in [6.45, 7) is 2.02. The van der Waals surface area contributed by atoms with Crippen LogP contribution in [0, 0.1) is 11.8 Å². The van der Waals surface area contributed by atoms with Gasteiger partial charge in [-0.3, -0.25) is 0 Å². The molecular weight excluding hydrogens is 136 g/mol. The van der Waals surface area contributed by atoms with Gasteiger partial charge in [-0.1, -0.05) is 25.0 Å². The third kappa shape index (κ3) is 2.40. The van der Waals surface area contributed by atoms with Crippen molar-refractivity contribution >= 4 is 0 Å². The van der Waals surface area contributed by atoms with Gasteiger partial charge in [-0.25, -0.2) is 0 Å². The maximum absolute atomic E-state index is 9.73. The summed E-state index contributed by atoms with van der Waals surface area (Å²) in [5, 5.41) is 9.73. The topological polar surface area (TPSA) is 20.2 Å². The Kier molecular flexibility index (Phi) is 2.73. The highest BCUT2D eigenvalue weighted by Crippen LogP contribution is 2.24. The second-order valence-electron chi connectivity index (χ2n) is 2.93. The third-order valence-corrected chi connectivity index (χ3v) is 1.87. The molecule has 60 valence electrons. The molecule has 1 aliphatic carbocycles. The molecule has 0 aromatic carbocycles. The summed E-state index contributed by atoms with van der Waals surface area (Å²) in [6, 6.07) is 0. The smallest absolute Gasteiger partial charge is 0.0939 e. The average Bonchev–Trinajstić information content (AvgIpc) is 2.38. The fraction of sp³-hybridized carbons (Fsp3) is 0.600. The molecule has 0 heterocycles. The molecule has 0 spiro atoms. The summed E-state index contributed by atoms with van der Waals surface area (Å²) in [5.41, 5.74) is -0.609. The fourth-order valence-electron chi connectivity index (χ4n) is 1.21. The van der Waals surface area contributed by atoms with Crippen LogP contribution in [0.1, 0.15) is 32.6 Å². The fourth-order valence-corrected chi connectivity index (χ4v) is 1.21. The largest absolute Gasteiger partial charge is 0.385 e. The van der Waals surface area contributed by atoms with Gasteiger partial charge >= 0.3 is 0 Å². The first-order chi connectivity index (χ1) is 5.27. The zero-order chi connectivity index (χ0) is 8.16. The average molecular weight is 150 g/mol. The number of aliphatic hydroxyl groups is 1. The monoisotopic (exact) mass is 150 g/mol. The molecule has 0 saturated heterocycles. The first kappa shape index (κ1) is 8.36. The lowest BCUT2D eigenvalue weighted by Crippen LogP contribution is -2.21. The van der Waals surface area contributed by atoms with Gasteiger partial charge in [0.1, 0.15) is 0 Å². The molecule has 1 nitrogen and oxygen atoms in total. The van der Waals surface area contributed by atoms with Crippen molar-refractivity contribution in [2.45, 2.75) is 38.2 Å². The van der Waals surface area contributed by atoms with Crippen LogP contribution in [0.25, 0.3) is 0 Å². The Hall–Kier alpha value is -0.740. The Balaban J connectivity index is 2.41. The lowest BCUT2D eigenvalue weighted by Gasteiger charge is -2.15. The van der Waals surface area contributed by atoms with Crippen LogP contribution in [0.5, 0.6) is 0 Å². The minimum atomic E-state index is -0.609. The SMILES string of the molecule is CCC#CCC1(O)C=CCC1. The number of rotatable bonds is 1. The molecule has 0 saturated carbocycles. The van der Waals surface area contributed by atoms with Gasteiger partial charge in [0.25, 0.3) is 0 Å². The molecule has 0 radical (unpaired) electrons. The first-order valence-electron chi connectivity index (χ1n) is 4.13. The number of hydrogen-bond donors (Lipinski definition) is 1. The Bertz CT molecular complexity index is 207. The van der Waals surface area contributed by atoms with E-state index >= 15 is 0 Å². The van der Waals surface area contributed by atoms with E-state index in [1.54, 1.807) is 0 Å². The molecule has 1 atom stereocenters. The predicted octanol–water partition coefficient (Wildman–Crippen LogP) is 1.87. The molecule has 0 aromatic heterocycles. The van der Waals surface area contributed by atoms with Crippen molar-refractivity contribution in [1.29, 1.82) is 0 Å². The van der Waals surface area contributed by atoms with E-state index in [1.807, 2.05) is 19.1 Å². The van der Waals surface area contributed by atoms with E-state index in [9.17, 15) is 5.11 Å². The third-order valence-electron chi connectivity index (χ3n) is 1.87. The van der Waals surface area contributed by atoms with E-state index in [0.717, 1.165) is 19.3 Å². The quantitative estimate of drug-likeness (QED) is 0.447. The van der Waals surface area contributed by atoms with Crippen LogP contribution in [0.3, 0.4) is 0 Å². The second-order valence-corrected chi connectivity index (χ2v) is 2.93. The summed E-state index contributed by atoms with van der Waals surface area (Å²) in [4.78, 5) is 0. The molecule has 1 N–H and O–H groups in total. The van der Waals surface area contributed by atoms with Crippen molar-refractivity contribution < 1.29 is 5.11 Å². The Morgan fingerprint density at radius 2 is 2.36 bits per heavy atom. The molecule has 11 heavy (non-hydrogen) atoms. The lowest BCUT2D eigenvalue weighted by molar-refractivity contribution is 0.0965. The van der Waals surface area contributed by atoms with Gasteiger partial charge in [-0.05, 0) is 12.8 Å². The summed E-state index contributed by atoms with van der Waals surface area (Å²) < 4.78 is 0. The summed E-state index contributed by atoms with van der Waals surface area (Å²) in [5.74, 6) is 5.92. The van der Waals surface area contributed by atoms with E-state index in [1.165, 1.54) is 0 Å². The summed E-state index contributed by atoms with van der Waals surface area (Å²) >= 11 is 0. The highest BCUT2D eigenvalue weighted by Gasteiger charge is 2.24. The van der Waals surface area contributed by atoms with Crippen LogP contribution >= 0.6 is 0 Å². The normalized spacial score (nSPS) is 28.2. The Morgan fingerprint density at radius 1 is 1.55 bits per heavy atom.